The molecule has 0 radical (unpaired) electrons. The Labute approximate surface area is 115 Å². The van der Waals surface area contributed by atoms with E-state index in [1.54, 1.807) is 4.31 Å². The second-order valence-corrected chi connectivity index (χ2v) is 6.33. The number of nitrogens with zero attached hydrogens (tertiary/aromatic N) is 1. The van der Waals surface area contributed by atoms with Crippen molar-refractivity contribution in [2.45, 2.75) is 18.7 Å². The minimum absolute atomic E-state index is 0. The first kappa shape index (κ1) is 15.4. The minimum Gasteiger partial charge on any atom is -0.314 e. The maximum atomic E-state index is 12.3. The molecule has 0 amide bonds. The van der Waals surface area contributed by atoms with Gasteiger partial charge in [0.15, 0.2) is 0 Å². The largest absolute Gasteiger partial charge is 0.314 e. The topological polar surface area (TPSA) is 49.4 Å². The van der Waals surface area contributed by atoms with Crippen LogP contribution in [-0.4, -0.2) is 38.4 Å². The Morgan fingerprint density at radius 2 is 2.00 bits per heavy atom. The van der Waals surface area contributed by atoms with Gasteiger partial charge in [0.05, 0.1) is 5.75 Å². The third kappa shape index (κ3) is 3.68. The molecule has 1 atom stereocenters. The van der Waals surface area contributed by atoms with Crippen LogP contribution in [0, 0.1) is 0 Å². The maximum absolute atomic E-state index is 12.3. The average Bonchev–Trinajstić information content (AvgIpc) is 2.30. The lowest BCUT2D eigenvalue weighted by molar-refractivity contribution is 0.283. The van der Waals surface area contributed by atoms with E-state index >= 15 is 0 Å². The number of sulfonamides is 1. The van der Waals surface area contributed by atoms with Gasteiger partial charge < -0.3 is 5.32 Å². The number of hydrogen-bond acceptors (Lipinski definition) is 3. The zero-order valence-electron chi connectivity index (χ0n) is 10.4. The quantitative estimate of drug-likeness (QED) is 0.911. The van der Waals surface area contributed by atoms with E-state index in [0.29, 0.717) is 6.54 Å². The molecule has 4 nitrogen and oxygen atoms in total. The van der Waals surface area contributed by atoms with Crippen LogP contribution in [0.25, 0.3) is 0 Å². The Morgan fingerprint density at radius 1 is 1.33 bits per heavy atom. The van der Waals surface area contributed by atoms with Gasteiger partial charge in [0.25, 0.3) is 0 Å². The second kappa shape index (κ2) is 6.52. The van der Waals surface area contributed by atoms with Crippen LogP contribution in [-0.2, 0) is 15.8 Å². The molecule has 1 aliphatic heterocycles. The summed E-state index contributed by atoms with van der Waals surface area (Å²) in [6.07, 6.45) is 0. The Morgan fingerprint density at radius 3 is 2.61 bits per heavy atom. The third-order valence-electron chi connectivity index (χ3n) is 2.99. The molecule has 1 aromatic carbocycles. The van der Waals surface area contributed by atoms with Crippen molar-refractivity contribution in [1.82, 2.24) is 9.62 Å². The Kier molecular flexibility index (Phi) is 5.59. The van der Waals surface area contributed by atoms with Crippen molar-refractivity contribution in [1.29, 1.82) is 0 Å². The molecular weight excluding hydrogens is 272 g/mol. The molecule has 6 heteroatoms. The molecule has 0 aromatic heterocycles. The Balaban J connectivity index is 0.00000162. The normalized spacial score (nSPS) is 21.3. The number of halogens is 1. The predicted molar refractivity (Wildman–Crippen MR) is 75.4 cm³/mol. The van der Waals surface area contributed by atoms with Crippen LogP contribution in [0.5, 0.6) is 0 Å². The summed E-state index contributed by atoms with van der Waals surface area (Å²) in [4.78, 5) is 0. The summed E-state index contributed by atoms with van der Waals surface area (Å²) < 4.78 is 26.1. The van der Waals surface area contributed by atoms with Gasteiger partial charge in [0, 0.05) is 25.7 Å². The first-order valence-corrected chi connectivity index (χ1v) is 7.45. The summed E-state index contributed by atoms with van der Waals surface area (Å²) in [5, 5.41) is 3.19. The van der Waals surface area contributed by atoms with E-state index in [0.717, 1.165) is 18.7 Å². The molecule has 1 heterocycles. The van der Waals surface area contributed by atoms with Gasteiger partial charge in [-0.2, -0.15) is 4.31 Å². The summed E-state index contributed by atoms with van der Waals surface area (Å²) in [6, 6.07) is 9.37. The predicted octanol–water partition coefficient (Wildman–Crippen LogP) is 1.23. The van der Waals surface area contributed by atoms with Gasteiger partial charge in [-0.25, -0.2) is 8.42 Å². The fraction of sp³-hybridized carbons (Fsp3) is 0.500. The summed E-state index contributed by atoms with van der Waals surface area (Å²) in [6.45, 7) is 3.97. The van der Waals surface area contributed by atoms with Crippen LogP contribution < -0.4 is 5.32 Å². The van der Waals surface area contributed by atoms with Crippen molar-refractivity contribution in [3.63, 3.8) is 0 Å². The van der Waals surface area contributed by atoms with Crippen LogP contribution in [0.4, 0.5) is 0 Å². The van der Waals surface area contributed by atoms with Crippen molar-refractivity contribution < 1.29 is 8.42 Å². The first-order chi connectivity index (χ1) is 8.09. The number of piperazine rings is 1. The van der Waals surface area contributed by atoms with Crippen LogP contribution in [0.3, 0.4) is 0 Å². The van der Waals surface area contributed by atoms with E-state index in [1.165, 1.54) is 0 Å². The van der Waals surface area contributed by atoms with E-state index in [1.807, 2.05) is 37.3 Å². The molecule has 0 saturated carbocycles. The Hall–Kier alpha value is -0.620. The van der Waals surface area contributed by atoms with Crippen LogP contribution in [0.2, 0.25) is 0 Å². The van der Waals surface area contributed by atoms with Gasteiger partial charge in [-0.05, 0) is 12.5 Å². The molecule has 0 aliphatic carbocycles. The standard InChI is InChI=1S/C12H18N2O2S.ClH/c1-11-9-13-7-8-14(11)17(15,16)10-12-5-3-2-4-6-12;/h2-6,11,13H,7-10H2,1H3;1H/t11-;/m0./s1. The SMILES string of the molecule is C[C@H]1CNCCN1S(=O)(=O)Cc1ccccc1.Cl. The fourth-order valence-electron chi connectivity index (χ4n) is 2.10. The van der Waals surface area contributed by atoms with E-state index < -0.39 is 10.0 Å². The van der Waals surface area contributed by atoms with Crippen LogP contribution in [0.15, 0.2) is 30.3 Å². The highest BCUT2D eigenvalue weighted by Crippen LogP contribution is 2.14. The van der Waals surface area contributed by atoms with E-state index in [4.69, 9.17) is 0 Å². The molecule has 1 N–H and O–H groups in total. The number of benzene rings is 1. The van der Waals surface area contributed by atoms with Crippen molar-refractivity contribution in [2.75, 3.05) is 19.6 Å². The second-order valence-electron chi connectivity index (χ2n) is 4.41. The smallest absolute Gasteiger partial charge is 0.218 e. The molecular formula is C12H19ClN2O2S. The fourth-order valence-corrected chi connectivity index (χ4v) is 3.88. The van der Waals surface area contributed by atoms with Gasteiger partial charge in [0.1, 0.15) is 0 Å². The molecule has 0 spiro atoms. The first-order valence-electron chi connectivity index (χ1n) is 5.84. The summed E-state index contributed by atoms with van der Waals surface area (Å²) in [7, 11) is -3.19. The zero-order chi connectivity index (χ0) is 12.3. The van der Waals surface area contributed by atoms with Gasteiger partial charge >= 0.3 is 0 Å². The Bertz CT molecular complexity index is 464. The lowest BCUT2D eigenvalue weighted by Crippen LogP contribution is -2.52. The van der Waals surface area contributed by atoms with Crippen LogP contribution >= 0.6 is 12.4 Å². The highest BCUT2D eigenvalue weighted by molar-refractivity contribution is 7.88. The number of rotatable bonds is 3. The molecule has 1 saturated heterocycles. The summed E-state index contributed by atoms with van der Waals surface area (Å²) in [5.41, 5.74) is 0.846. The van der Waals surface area contributed by atoms with Crippen molar-refractivity contribution in [2.24, 2.45) is 0 Å². The average molecular weight is 291 g/mol. The van der Waals surface area contributed by atoms with Gasteiger partial charge in [-0.3, -0.25) is 0 Å². The monoisotopic (exact) mass is 290 g/mol. The van der Waals surface area contributed by atoms with Crippen molar-refractivity contribution in [3.8, 4) is 0 Å². The molecule has 2 rings (SSSR count). The van der Waals surface area contributed by atoms with E-state index in [2.05, 4.69) is 5.32 Å². The summed E-state index contributed by atoms with van der Waals surface area (Å²) in [5.74, 6) is 0.0954. The lowest BCUT2D eigenvalue weighted by Gasteiger charge is -2.32. The van der Waals surface area contributed by atoms with E-state index in [9.17, 15) is 8.42 Å². The lowest BCUT2D eigenvalue weighted by atomic mass is 10.2. The molecule has 1 fully saturated rings. The van der Waals surface area contributed by atoms with Crippen molar-refractivity contribution in [3.05, 3.63) is 35.9 Å². The molecule has 1 aliphatic rings. The molecule has 18 heavy (non-hydrogen) atoms. The molecule has 102 valence electrons. The van der Waals surface area contributed by atoms with Crippen LogP contribution in [0.1, 0.15) is 12.5 Å². The maximum Gasteiger partial charge on any atom is 0.218 e. The minimum atomic E-state index is -3.19. The summed E-state index contributed by atoms with van der Waals surface area (Å²) >= 11 is 0. The molecule has 0 unspecified atom stereocenters. The van der Waals surface area contributed by atoms with E-state index in [-0.39, 0.29) is 24.2 Å². The number of hydrogen-bond donors (Lipinski definition) is 1. The highest BCUT2D eigenvalue weighted by atomic mass is 35.5. The highest BCUT2D eigenvalue weighted by Gasteiger charge is 2.29. The zero-order valence-corrected chi connectivity index (χ0v) is 12.0. The van der Waals surface area contributed by atoms with Crippen molar-refractivity contribution >= 4 is 22.4 Å². The van der Waals surface area contributed by atoms with Gasteiger partial charge in [-0.15, -0.1) is 12.4 Å². The number of nitrogens with one attached hydrogen (secondary N) is 1. The van der Waals surface area contributed by atoms with Gasteiger partial charge in [-0.1, -0.05) is 30.3 Å². The third-order valence-corrected chi connectivity index (χ3v) is 4.94. The van der Waals surface area contributed by atoms with Gasteiger partial charge in [0.2, 0.25) is 10.0 Å². The molecule has 0 bridgehead atoms. The molecule has 1 aromatic rings.